The molecule has 0 aliphatic rings. The van der Waals surface area contributed by atoms with E-state index in [1.807, 2.05) is 16.9 Å². The lowest BCUT2D eigenvalue weighted by Gasteiger charge is -2.07. The van der Waals surface area contributed by atoms with Crippen molar-refractivity contribution in [1.82, 2.24) is 15.1 Å². The second-order valence-electron chi connectivity index (χ2n) is 3.27. The third-order valence-electron chi connectivity index (χ3n) is 1.98. The summed E-state index contributed by atoms with van der Waals surface area (Å²) in [4.78, 5) is 10.4. The van der Waals surface area contributed by atoms with Crippen molar-refractivity contribution in [1.29, 1.82) is 0 Å². The van der Waals surface area contributed by atoms with E-state index >= 15 is 0 Å². The van der Waals surface area contributed by atoms with Crippen molar-refractivity contribution in [2.45, 2.75) is 19.0 Å². The lowest BCUT2D eigenvalue weighted by molar-refractivity contribution is -0.138. The molecule has 6 nitrogen and oxygen atoms in total. The molecule has 15 heavy (non-hydrogen) atoms. The minimum Gasteiger partial charge on any atom is -0.480 e. The van der Waals surface area contributed by atoms with Crippen LogP contribution in [-0.2, 0) is 11.3 Å². The van der Waals surface area contributed by atoms with Gasteiger partial charge in [0.2, 0.25) is 0 Å². The van der Waals surface area contributed by atoms with Crippen LogP contribution in [0.5, 0.6) is 0 Å². The van der Waals surface area contributed by atoms with Crippen LogP contribution in [0, 0.1) is 0 Å². The van der Waals surface area contributed by atoms with Crippen molar-refractivity contribution >= 4 is 5.97 Å². The fourth-order valence-electron chi connectivity index (χ4n) is 1.14. The molecule has 1 heterocycles. The number of nitrogens with one attached hydrogen (secondary N) is 1. The van der Waals surface area contributed by atoms with Gasteiger partial charge < -0.3 is 16.2 Å². The number of hydrogen-bond donors (Lipinski definition) is 3. The minimum atomic E-state index is -0.977. The third-order valence-corrected chi connectivity index (χ3v) is 1.98. The molecule has 4 N–H and O–H groups in total. The van der Waals surface area contributed by atoms with Gasteiger partial charge in [-0.15, -0.1) is 0 Å². The topological polar surface area (TPSA) is 93.2 Å². The summed E-state index contributed by atoms with van der Waals surface area (Å²) in [5.41, 5.74) is 5.31. The van der Waals surface area contributed by atoms with E-state index < -0.39 is 12.0 Å². The minimum absolute atomic E-state index is 0.300. The van der Waals surface area contributed by atoms with Gasteiger partial charge in [-0.2, -0.15) is 5.10 Å². The Kier molecular flexibility index (Phi) is 4.79. The lowest BCUT2D eigenvalue weighted by Crippen LogP contribution is -2.40. The maximum absolute atomic E-state index is 10.4. The summed E-state index contributed by atoms with van der Waals surface area (Å²) in [6.07, 6.45) is 4.52. The van der Waals surface area contributed by atoms with Crippen molar-refractivity contribution in [2.24, 2.45) is 5.73 Å². The molecule has 0 saturated carbocycles. The van der Waals surface area contributed by atoms with Crippen molar-refractivity contribution in [2.75, 3.05) is 13.1 Å². The Morgan fingerprint density at radius 2 is 2.47 bits per heavy atom. The third kappa shape index (κ3) is 4.57. The van der Waals surface area contributed by atoms with Crippen LogP contribution in [0.1, 0.15) is 6.42 Å². The predicted molar refractivity (Wildman–Crippen MR) is 55.3 cm³/mol. The molecule has 0 saturated heterocycles. The second kappa shape index (κ2) is 6.15. The molecule has 0 bridgehead atoms. The molecule has 1 aromatic rings. The van der Waals surface area contributed by atoms with Crippen molar-refractivity contribution in [3.05, 3.63) is 18.5 Å². The van der Waals surface area contributed by atoms with Crippen LogP contribution in [0.2, 0.25) is 0 Å². The molecule has 6 heteroatoms. The zero-order valence-electron chi connectivity index (χ0n) is 8.47. The quantitative estimate of drug-likeness (QED) is 0.518. The molecule has 0 aliphatic carbocycles. The molecule has 0 fully saturated rings. The van der Waals surface area contributed by atoms with E-state index in [1.54, 1.807) is 6.20 Å². The maximum Gasteiger partial charge on any atom is 0.321 e. The van der Waals surface area contributed by atoms with Gasteiger partial charge in [0.25, 0.3) is 0 Å². The van der Waals surface area contributed by atoms with E-state index in [0.717, 1.165) is 19.5 Å². The van der Waals surface area contributed by atoms with Crippen molar-refractivity contribution in [3.63, 3.8) is 0 Å². The molecule has 1 aromatic heterocycles. The number of aliphatic carboxylic acids is 1. The molecule has 0 radical (unpaired) electrons. The Balaban J connectivity index is 2.00. The van der Waals surface area contributed by atoms with Gasteiger partial charge in [-0.1, -0.05) is 0 Å². The highest BCUT2D eigenvalue weighted by molar-refractivity contribution is 5.73. The Hall–Kier alpha value is -1.40. The summed E-state index contributed by atoms with van der Waals surface area (Å²) in [6.45, 7) is 1.86. The second-order valence-corrected chi connectivity index (χ2v) is 3.27. The van der Waals surface area contributed by atoms with Crippen LogP contribution in [0.4, 0.5) is 0 Å². The first-order valence-corrected chi connectivity index (χ1v) is 4.86. The fourth-order valence-corrected chi connectivity index (χ4v) is 1.14. The average Bonchev–Trinajstić information content (AvgIpc) is 2.69. The van der Waals surface area contributed by atoms with Gasteiger partial charge in [-0.3, -0.25) is 9.48 Å². The summed E-state index contributed by atoms with van der Waals surface area (Å²) in [7, 11) is 0. The van der Waals surface area contributed by atoms with Gasteiger partial charge in [-0.05, 0) is 19.0 Å². The molecular formula is C9H16N4O2. The number of carboxylic acid groups (broad SMARTS) is 1. The first kappa shape index (κ1) is 11.7. The van der Waals surface area contributed by atoms with E-state index in [4.69, 9.17) is 10.8 Å². The number of nitrogens with two attached hydrogens (primary N) is 1. The Bertz CT molecular complexity index is 286. The molecule has 0 spiro atoms. The largest absolute Gasteiger partial charge is 0.480 e. The standard InChI is InChI=1S/C9H16N4O2/c10-8(9(14)15)7-11-3-1-5-13-6-2-4-12-13/h2,4,6,8,11H,1,3,5,7,10H2,(H,14,15). The van der Waals surface area contributed by atoms with E-state index in [-0.39, 0.29) is 0 Å². The Morgan fingerprint density at radius 1 is 1.67 bits per heavy atom. The number of hydrogen-bond acceptors (Lipinski definition) is 4. The number of rotatable bonds is 7. The van der Waals surface area contributed by atoms with Gasteiger partial charge in [0.15, 0.2) is 0 Å². The molecule has 0 amide bonds. The van der Waals surface area contributed by atoms with E-state index in [9.17, 15) is 4.79 Å². The van der Waals surface area contributed by atoms with Crippen LogP contribution in [-0.4, -0.2) is 40.0 Å². The SMILES string of the molecule is NC(CNCCCn1cccn1)C(=O)O. The highest BCUT2D eigenvalue weighted by atomic mass is 16.4. The van der Waals surface area contributed by atoms with Crippen molar-refractivity contribution < 1.29 is 9.90 Å². The summed E-state index contributed by atoms with van der Waals surface area (Å²) in [5.74, 6) is -0.977. The molecule has 0 aromatic carbocycles. The van der Waals surface area contributed by atoms with Gasteiger partial charge in [0.1, 0.15) is 6.04 Å². The molecule has 0 aliphatic heterocycles. The first-order chi connectivity index (χ1) is 7.20. The zero-order chi connectivity index (χ0) is 11.1. The highest BCUT2D eigenvalue weighted by Gasteiger charge is 2.09. The monoisotopic (exact) mass is 212 g/mol. The van der Waals surface area contributed by atoms with Crippen LogP contribution in [0.15, 0.2) is 18.5 Å². The molecular weight excluding hydrogens is 196 g/mol. The van der Waals surface area contributed by atoms with E-state index in [1.165, 1.54) is 0 Å². The molecule has 84 valence electrons. The summed E-state index contributed by atoms with van der Waals surface area (Å²) in [6, 6.07) is 1.04. The molecule has 1 atom stereocenters. The average molecular weight is 212 g/mol. The maximum atomic E-state index is 10.4. The molecule has 1 rings (SSSR count). The fraction of sp³-hybridized carbons (Fsp3) is 0.556. The Morgan fingerprint density at radius 3 is 3.07 bits per heavy atom. The first-order valence-electron chi connectivity index (χ1n) is 4.86. The number of carboxylic acids is 1. The molecule has 1 unspecified atom stereocenters. The number of nitrogens with zero attached hydrogens (tertiary/aromatic N) is 2. The predicted octanol–water partition coefficient (Wildman–Crippen LogP) is -0.725. The van der Waals surface area contributed by atoms with Crippen molar-refractivity contribution in [3.8, 4) is 0 Å². The zero-order valence-corrected chi connectivity index (χ0v) is 8.47. The van der Waals surface area contributed by atoms with Gasteiger partial charge in [-0.25, -0.2) is 0 Å². The lowest BCUT2D eigenvalue weighted by atomic mass is 10.3. The smallest absolute Gasteiger partial charge is 0.321 e. The van der Waals surface area contributed by atoms with Gasteiger partial charge >= 0.3 is 5.97 Å². The number of aromatic nitrogens is 2. The normalized spacial score (nSPS) is 12.6. The van der Waals surface area contributed by atoms with Crippen LogP contribution >= 0.6 is 0 Å². The van der Waals surface area contributed by atoms with E-state index in [2.05, 4.69) is 10.4 Å². The van der Waals surface area contributed by atoms with Gasteiger partial charge in [0.05, 0.1) is 0 Å². The van der Waals surface area contributed by atoms with Gasteiger partial charge in [0, 0.05) is 25.5 Å². The summed E-state index contributed by atoms with van der Waals surface area (Å²) >= 11 is 0. The number of carbonyl (C=O) groups is 1. The number of aryl methyl sites for hydroxylation is 1. The Labute approximate surface area is 88.1 Å². The summed E-state index contributed by atoms with van der Waals surface area (Å²) in [5, 5.41) is 15.5. The highest BCUT2D eigenvalue weighted by Crippen LogP contribution is 1.87. The van der Waals surface area contributed by atoms with Crippen LogP contribution in [0.3, 0.4) is 0 Å². The van der Waals surface area contributed by atoms with E-state index in [0.29, 0.717) is 6.54 Å². The van der Waals surface area contributed by atoms with Crippen LogP contribution in [0.25, 0.3) is 0 Å². The summed E-state index contributed by atoms with van der Waals surface area (Å²) < 4.78 is 1.83. The van der Waals surface area contributed by atoms with Crippen LogP contribution < -0.4 is 11.1 Å².